The first-order valence-corrected chi connectivity index (χ1v) is 6.19. The summed E-state index contributed by atoms with van der Waals surface area (Å²) in [5, 5.41) is 3.43. The molecule has 0 aromatic heterocycles. The van der Waals surface area contributed by atoms with Gasteiger partial charge in [0.05, 0.1) is 12.7 Å². The molecule has 0 amide bonds. The number of hydrogen-bond acceptors (Lipinski definition) is 3. The lowest BCUT2D eigenvalue weighted by atomic mass is 10.0. The summed E-state index contributed by atoms with van der Waals surface area (Å²) < 4.78 is 18.3. The Balaban J connectivity index is 2.36. The topological polar surface area (TPSA) is 38.3 Å². The molecule has 4 heteroatoms. The van der Waals surface area contributed by atoms with Crippen molar-refractivity contribution in [2.24, 2.45) is 0 Å². The van der Waals surface area contributed by atoms with Crippen LogP contribution < -0.4 is 5.32 Å². The molecule has 2 rings (SSSR count). The van der Waals surface area contributed by atoms with Crippen LogP contribution in [0.4, 0.5) is 4.39 Å². The Morgan fingerprint density at radius 2 is 2.22 bits per heavy atom. The zero-order valence-corrected chi connectivity index (χ0v) is 10.9. The minimum Gasteiger partial charge on any atom is -0.465 e. The molecule has 0 aliphatic heterocycles. The highest BCUT2D eigenvalue weighted by Gasteiger charge is 2.26. The molecule has 1 aliphatic carbocycles. The van der Waals surface area contributed by atoms with E-state index < -0.39 is 11.8 Å². The number of nitrogens with one attached hydrogen (secondary N) is 1. The van der Waals surface area contributed by atoms with Crippen molar-refractivity contribution in [1.29, 1.82) is 0 Å². The van der Waals surface area contributed by atoms with E-state index in [0.29, 0.717) is 6.04 Å². The summed E-state index contributed by atoms with van der Waals surface area (Å²) in [5.74, 6) is -1.11. The molecule has 1 atom stereocenters. The van der Waals surface area contributed by atoms with Gasteiger partial charge in [-0.1, -0.05) is 13.8 Å². The van der Waals surface area contributed by atoms with Crippen LogP contribution in [0.2, 0.25) is 0 Å². The van der Waals surface area contributed by atoms with Crippen molar-refractivity contribution < 1.29 is 13.9 Å². The van der Waals surface area contributed by atoms with Crippen molar-refractivity contribution in [2.45, 2.75) is 38.8 Å². The average molecular weight is 251 g/mol. The number of carbonyl (C=O) groups excluding carboxylic acids is 1. The second-order valence-corrected chi connectivity index (χ2v) is 4.94. The molecule has 1 aliphatic rings. The second-order valence-electron chi connectivity index (χ2n) is 4.94. The molecule has 1 N–H and O–H groups in total. The van der Waals surface area contributed by atoms with Crippen LogP contribution in [0.1, 0.15) is 47.8 Å². The number of carbonyl (C=O) groups is 1. The van der Waals surface area contributed by atoms with Gasteiger partial charge in [-0.15, -0.1) is 0 Å². The van der Waals surface area contributed by atoms with Crippen LogP contribution in [0.25, 0.3) is 0 Å². The van der Waals surface area contributed by atoms with E-state index in [0.717, 1.165) is 24.0 Å². The predicted octanol–water partition coefficient (Wildman–Crippen LogP) is 2.60. The van der Waals surface area contributed by atoms with Crippen LogP contribution in [0, 0.1) is 5.82 Å². The molecule has 0 unspecified atom stereocenters. The number of esters is 1. The van der Waals surface area contributed by atoms with Gasteiger partial charge >= 0.3 is 5.97 Å². The summed E-state index contributed by atoms with van der Waals surface area (Å²) in [4.78, 5) is 11.5. The molecule has 18 heavy (non-hydrogen) atoms. The third-order valence-electron chi connectivity index (χ3n) is 3.25. The Labute approximate surface area is 106 Å². The number of rotatable bonds is 3. The van der Waals surface area contributed by atoms with Crippen LogP contribution in [0.5, 0.6) is 0 Å². The Morgan fingerprint density at radius 1 is 1.50 bits per heavy atom. The molecule has 1 aromatic carbocycles. The molecule has 0 saturated carbocycles. The Bertz CT molecular complexity index is 471. The van der Waals surface area contributed by atoms with Gasteiger partial charge in [0.2, 0.25) is 0 Å². The Morgan fingerprint density at radius 3 is 2.83 bits per heavy atom. The van der Waals surface area contributed by atoms with Gasteiger partial charge in [-0.2, -0.15) is 0 Å². The minimum atomic E-state index is -0.620. The fourth-order valence-corrected chi connectivity index (χ4v) is 2.47. The smallest absolute Gasteiger partial charge is 0.340 e. The molecule has 0 radical (unpaired) electrons. The fourth-order valence-electron chi connectivity index (χ4n) is 2.47. The number of halogens is 1. The van der Waals surface area contributed by atoms with Gasteiger partial charge in [-0.3, -0.25) is 0 Å². The fraction of sp³-hybridized carbons (Fsp3) is 0.500. The van der Waals surface area contributed by atoms with Gasteiger partial charge in [0.1, 0.15) is 5.82 Å². The van der Waals surface area contributed by atoms with Crippen LogP contribution >= 0.6 is 0 Å². The SMILES string of the molecule is COC(=O)c1cc2c(cc1F)CC[C@H]2NC(C)C. The van der Waals surface area contributed by atoms with Gasteiger partial charge in [0.15, 0.2) is 0 Å². The van der Waals surface area contributed by atoms with Crippen molar-refractivity contribution >= 4 is 5.97 Å². The van der Waals surface area contributed by atoms with E-state index in [1.807, 2.05) is 0 Å². The molecule has 0 saturated heterocycles. The first-order chi connectivity index (χ1) is 8.52. The molecule has 3 nitrogen and oxygen atoms in total. The van der Waals surface area contributed by atoms with Gasteiger partial charge in [-0.05, 0) is 36.1 Å². The van der Waals surface area contributed by atoms with Crippen molar-refractivity contribution in [3.8, 4) is 0 Å². The van der Waals surface area contributed by atoms with Crippen LogP contribution in [-0.4, -0.2) is 19.1 Å². The molecule has 0 fully saturated rings. The van der Waals surface area contributed by atoms with Crippen LogP contribution in [0.3, 0.4) is 0 Å². The summed E-state index contributed by atoms with van der Waals surface area (Å²) in [7, 11) is 1.26. The first kappa shape index (κ1) is 13.0. The van der Waals surface area contributed by atoms with Gasteiger partial charge in [0.25, 0.3) is 0 Å². The average Bonchev–Trinajstić information content (AvgIpc) is 2.69. The van der Waals surface area contributed by atoms with Crippen molar-refractivity contribution in [2.75, 3.05) is 7.11 Å². The van der Waals surface area contributed by atoms with E-state index in [-0.39, 0.29) is 11.6 Å². The van der Waals surface area contributed by atoms with E-state index in [4.69, 9.17) is 0 Å². The predicted molar refractivity (Wildman–Crippen MR) is 67.1 cm³/mol. The molecule has 1 aromatic rings. The van der Waals surface area contributed by atoms with E-state index in [1.165, 1.54) is 13.2 Å². The highest BCUT2D eigenvalue weighted by Crippen LogP contribution is 2.33. The maximum atomic E-state index is 13.8. The highest BCUT2D eigenvalue weighted by atomic mass is 19.1. The quantitative estimate of drug-likeness (QED) is 0.839. The summed E-state index contributed by atoms with van der Waals surface area (Å²) in [6.07, 6.45) is 1.79. The molecule has 0 heterocycles. The maximum Gasteiger partial charge on any atom is 0.340 e. The lowest BCUT2D eigenvalue weighted by Gasteiger charge is -2.17. The second kappa shape index (κ2) is 5.06. The van der Waals surface area contributed by atoms with Crippen molar-refractivity contribution in [1.82, 2.24) is 5.32 Å². The van der Waals surface area contributed by atoms with E-state index >= 15 is 0 Å². The third kappa shape index (κ3) is 2.38. The standard InChI is InChI=1S/C14H18FNO2/c1-8(2)16-13-5-4-9-6-12(15)11(7-10(9)13)14(17)18-3/h6-8,13,16H,4-5H2,1-3H3/t13-/m1/s1. The first-order valence-electron chi connectivity index (χ1n) is 6.19. The summed E-state index contributed by atoms with van der Waals surface area (Å²) in [5.41, 5.74) is 2.03. The van der Waals surface area contributed by atoms with Crippen LogP contribution in [-0.2, 0) is 11.2 Å². The molecule has 0 bridgehead atoms. The highest BCUT2D eigenvalue weighted by molar-refractivity contribution is 5.90. The Kier molecular flexibility index (Phi) is 3.66. The third-order valence-corrected chi connectivity index (χ3v) is 3.25. The van der Waals surface area contributed by atoms with E-state index in [2.05, 4.69) is 23.9 Å². The van der Waals surface area contributed by atoms with Gasteiger partial charge in [0, 0.05) is 12.1 Å². The van der Waals surface area contributed by atoms with Crippen molar-refractivity contribution in [3.63, 3.8) is 0 Å². The lowest BCUT2D eigenvalue weighted by molar-refractivity contribution is 0.0595. The number of benzene rings is 1. The maximum absolute atomic E-state index is 13.8. The zero-order valence-electron chi connectivity index (χ0n) is 10.9. The van der Waals surface area contributed by atoms with E-state index in [9.17, 15) is 9.18 Å². The normalized spacial score (nSPS) is 17.9. The van der Waals surface area contributed by atoms with E-state index in [1.54, 1.807) is 6.07 Å². The summed E-state index contributed by atoms with van der Waals surface area (Å²) in [6, 6.07) is 3.64. The molecule has 0 spiro atoms. The zero-order chi connectivity index (χ0) is 13.3. The molecular formula is C14H18FNO2. The van der Waals surface area contributed by atoms with Gasteiger partial charge < -0.3 is 10.1 Å². The largest absolute Gasteiger partial charge is 0.465 e. The van der Waals surface area contributed by atoms with Crippen LogP contribution in [0.15, 0.2) is 12.1 Å². The lowest BCUT2D eigenvalue weighted by Crippen LogP contribution is -2.26. The number of fused-ring (bicyclic) bond motifs is 1. The summed E-state index contributed by atoms with van der Waals surface area (Å²) >= 11 is 0. The van der Waals surface area contributed by atoms with Gasteiger partial charge in [-0.25, -0.2) is 9.18 Å². The minimum absolute atomic E-state index is 0.0220. The molecule has 98 valence electrons. The number of aryl methyl sites for hydroxylation is 1. The van der Waals surface area contributed by atoms with Crippen molar-refractivity contribution in [3.05, 3.63) is 34.6 Å². The Hall–Kier alpha value is -1.42. The number of methoxy groups -OCH3 is 1. The molecular weight excluding hydrogens is 233 g/mol. The number of hydrogen-bond donors (Lipinski definition) is 1. The number of ether oxygens (including phenoxy) is 1. The summed E-state index contributed by atoms with van der Waals surface area (Å²) in [6.45, 7) is 4.14. The monoisotopic (exact) mass is 251 g/mol.